The Morgan fingerprint density at radius 3 is 3.05 bits per heavy atom. The van der Waals surface area contributed by atoms with Crippen molar-refractivity contribution in [2.24, 2.45) is 0 Å². The molecule has 202 valence electrons. The lowest BCUT2D eigenvalue weighted by molar-refractivity contribution is -0.143. The molecular formula is C29H37N5O4. The number of fused-ring (bicyclic) bond motifs is 2. The van der Waals surface area contributed by atoms with E-state index < -0.39 is 12.0 Å². The topological polar surface area (TPSA) is 102 Å². The third kappa shape index (κ3) is 5.28. The lowest BCUT2D eigenvalue weighted by atomic mass is 10.0. The Morgan fingerprint density at radius 2 is 2.18 bits per heavy atom. The van der Waals surface area contributed by atoms with Crippen LogP contribution in [-0.4, -0.2) is 76.3 Å². The van der Waals surface area contributed by atoms with Crippen LogP contribution in [0.15, 0.2) is 36.5 Å². The maximum Gasteiger partial charge on any atom is 0.325 e. The molecule has 5 heterocycles. The van der Waals surface area contributed by atoms with E-state index >= 15 is 0 Å². The van der Waals surface area contributed by atoms with E-state index in [-0.39, 0.29) is 12.1 Å². The third-order valence-electron chi connectivity index (χ3n) is 8.10. The van der Waals surface area contributed by atoms with Gasteiger partial charge in [0.05, 0.1) is 30.5 Å². The van der Waals surface area contributed by atoms with Gasteiger partial charge in [0.2, 0.25) is 0 Å². The molecule has 2 saturated heterocycles. The molecule has 0 amide bonds. The maximum absolute atomic E-state index is 12.6. The monoisotopic (exact) mass is 519 g/mol. The fourth-order valence-corrected chi connectivity index (χ4v) is 6.12. The van der Waals surface area contributed by atoms with Gasteiger partial charge in [0.25, 0.3) is 0 Å². The van der Waals surface area contributed by atoms with Crippen molar-refractivity contribution in [3.8, 4) is 0 Å². The smallest absolute Gasteiger partial charge is 0.325 e. The molecule has 0 bridgehead atoms. The Balaban J connectivity index is 1.05. The van der Waals surface area contributed by atoms with Gasteiger partial charge in [-0.2, -0.15) is 5.10 Å². The number of ether oxygens (including phenoxy) is 2. The molecule has 1 aromatic carbocycles. The number of carbonyl (C=O) groups is 1. The van der Waals surface area contributed by atoms with E-state index in [2.05, 4.69) is 22.5 Å². The van der Waals surface area contributed by atoms with Crippen LogP contribution in [0.3, 0.4) is 0 Å². The number of benzene rings is 1. The predicted molar refractivity (Wildman–Crippen MR) is 144 cm³/mol. The Hall–Kier alpha value is -3.01. The molecule has 0 radical (unpaired) electrons. The van der Waals surface area contributed by atoms with Crippen LogP contribution in [0, 0.1) is 0 Å². The quantitative estimate of drug-likeness (QED) is 0.388. The number of carboxylic acids is 1. The number of aromatic nitrogens is 3. The number of nitrogens with zero attached hydrogens (tertiary/aromatic N) is 4. The number of pyridine rings is 1. The first-order chi connectivity index (χ1) is 18.7. The number of hydrogen-bond donors (Lipinski definition) is 2. The molecule has 6 rings (SSSR count). The molecule has 3 atom stereocenters. The molecule has 9 nitrogen and oxygen atoms in total. The van der Waals surface area contributed by atoms with Gasteiger partial charge < -0.3 is 19.9 Å². The predicted octanol–water partition coefficient (Wildman–Crippen LogP) is 3.99. The van der Waals surface area contributed by atoms with E-state index in [0.717, 1.165) is 73.0 Å². The van der Waals surface area contributed by atoms with Gasteiger partial charge in [0.15, 0.2) is 0 Å². The van der Waals surface area contributed by atoms with Crippen molar-refractivity contribution in [1.29, 1.82) is 0 Å². The van der Waals surface area contributed by atoms with Crippen LogP contribution in [-0.2, 0) is 27.1 Å². The second-order valence-electron chi connectivity index (χ2n) is 10.7. The van der Waals surface area contributed by atoms with Gasteiger partial charge in [0, 0.05) is 49.5 Å². The normalized spacial score (nSPS) is 22.4. The summed E-state index contributed by atoms with van der Waals surface area (Å²) in [5, 5.41) is 19.3. The highest BCUT2D eigenvalue weighted by molar-refractivity contribution is 5.88. The van der Waals surface area contributed by atoms with Crippen molar-refractivity contribution in [2.45, 2.75) is 63.1 Å². The van der Waals surface area contributed by atoms with Gasteiger partial charge in [-0.25, -0.2) is 4.98 Å². The van der Waals surface area contributed by atoms with Crippen molar-refractivity contribution in [1.82, 2.24) is 19.7 Å². The first kappa shape index (κ1) is 25.3. The number of rotatable bonds is 10. The summed E-state index contributed by atoms with van der Waals surface area (Å²) >= 11 is 0. The van der Waals surface area contributed by atoms with Gasteiger partial charge in [-0.1, -0.05) is 24.3 Å². The summed E-state index contributed by atoms with van der Waals surface area (Å²) in [6.45, 7) is 4.33. The SMILES string of the molecule is O=C(O)C(c1cccc2cnn(C3CCOC3)c12)N1CCC(OCCCCc2ccc3c(n2)NCCC3)C1. The van der Waals surface area contributed by atoms with Crippen molar-refractivity contribution >= 4 is 22.7 Å². The van der Waals surface area contributed by atoms with Gasteiger partial charge in [0.1, 0.15) is 11.9 Å². The molecule has 2 aromatic heterocycles. The number of carboxylic acid groups (broad SMARTS) is 1. The first-order valence-corrected chi connectivity index (χ1v) is 14.0. The molecule has 0 spiro atoms. The zero-order chi connectivity index (χ0) is 25.9. The summed E-state index contributed by atoms with van der Waals surface area (Å²) in [5.74, 6) is 0.222. The van der Waals surface area contributed by atoms with Crippen molar-refractivity contribution in [3.63, 3.8) is 0 Å². The zero-order valence-corrected chi connectivity index (χ0v) is 21.8. The molecule has 3 aromatic rings. The van der Waals surface area contributed by atoms with Gasteiger partial charge in [-0.3, -0.25) is 14.4 Å². The average Bonchev–Trinajstić information content (AvgIpc) is 3.70. The molecule has 2 fully saturated rings. The number of unbranched alkanes of at least 4 members (excludes halogenated alkanes) is 1. The second-order valence-corrected chi connectivity index (χ2v) is 10.7. The van der Waals surface area contributed by atoms with Gasteiger partial charge >= 0.3 is 5.97 Å². The molecule has 9 heteroatoms. The zero-order valence-electron chi connectivity index (χ0n) is 21.8. The van der Waals surface area contributed by atoms with E-state index in [1.54, 1.807) is 0 Å². The highest BCUT2D eigenvalue weighted by Crippen LogP contribution is 2.34. The van der Waals surface area contributed by atoms with Crippen molar-refractivity contribution < 1.29 is 19.4 Å². The number of likely N-dealkylation sites (tertiary alicyclic amines) is 1. The Bertz CT molecular complexity index is 1270. The fourth-order valence-electron chi connectivity index (χ4n) is 6.12. The van der Waals surface area contributed by atoms with Crippen LogP contribution >= 0.6 is 0 Å². The molecule has 3 aliphatic rings. The first-order valence-electron chi connectivity index (χ1n) is 14.0. The molecule has 2 N–H and O–H groups in total. The number of aliphatic carboxylic acids is 1. The molecule has 38 heavy (non-hydrogen) atoms. The molecule has 3 aliphatic heterocycles. The third-order valence-corrected chi connectivity index (χ3v) is 8.10. The van der Waals surface area contributed by atoms with E-state index in [1.165, 1.54) is 12.0 Å². The van der Waals surface area contributed by atoms with Crippen LogP contribution in [0.1, 0.15) is 61.0 Å². The minimum atomic E-state index is -0.833. The Morgan fingerprint density at radius 1 is 1.24 bits per heavy atom. The number of aryl methyl sites for hydroxylation is 2. The summed E-state index contributed by atoms with van der Waals surface area (Å²) in [6.07, 6.45) is 8.84. The Labute approximate surface area is 223 Å². The summed E-state index contributed by atoms with van der Waals surface area (Å²) in [6, 6.07) is 9.65. The molecule has 0 saturated carbocycles. The standard InChI is InChI=1S/C29H37N5O4/c35-29(36)27(25-8-3-5-21-17-31-34(26(21)25)23-12-16-37-19-23)33-14-11-24(18-33)38-15-2-1-7-22-10-9-20-6-4-13-30-28(20)32-22/h3,5,8-10,17,23-24,27H,1-2,4,6-7,11-16,18-19H2,(H,30,32)(H,35,36). The van der Waals surface area contributed by atoms with E-state index in [9.17, 15) is 9.90 Å². The summed E-state index contributed by atoms with van der Waals surface area (Å²) in [7, 11) is 0. The average molecular weight is 520 g/mol. The van der Waals surface area contributed by atoms with Crippen molar-refractivity contribution in [2.75, 3.05) is 44.8 Å². The highest BCUT2D eigenvalue weighted by Gasteiger charge is 2.36. The summed E-state index contributed by atoms with van der Waals surface area (Å²) in [4.78, 5) is 19.4. The van der Waals surface area contributed by atoms with Crippen molar-refractivity contribution in [3.05, 3.63) is 53.3 Å². The van der Waals surface area contributed by atoms with E-state index in [4.69, 9.17) is 14.5 Å². The largest absolute Gasteiger partial charge is 0.480 e. The molecule has 0 aliphatic carbocycles. The van der Waals surface area contributed by atoms with E-state index in [0.29, 0.717) is 32.9 Å². The number of hydrogen-bond acceptors (Lipinski definition) is 7. The maximum atomic E-state index is 12.6. The lowest BCUT2D eigenvalue weighted by Gasteiger charge is -2.26. The fraction of sp³-hybridized carbons (Fsp3) is 0.552. The van der Waals surface area contributed by atoms with Crippen LogP contribution in [0.5, 0.6) is 0 Å². The lowest BCUT2D eigenvalue weighted by Crippen LogP contribution is -2.34. The van der Waals surface area contributed by atoms with Crippen LogP contribution < -0.4 is 5.32 Å². The van der Waals surface area contributed by atoms with E-state index in [1.807, 2.05) is 34.0 Å². The second kappa shape index (κ2) is 11.4. The number of para-hydroxylation sites is 1. The molecule has 3 unspecified atom stereocenters. The van der Waals surface area contributed by atoms with Crippen LogP contribution in [0.25, 0.3) is 10.9 Å². The van der Waals surface area contributed by atoms with Crippen LogP contribution in [0.4, 0.5) is 5.82 Å². The minimum Gasteiger partial charge on any atom is -0.480 e. The van der Waals surface area contributed by atoms with Gasteiger partial charge in [-0.15, -0.1) is 0 Å². The number of anilines is 1. The summed E-state index contributed by atoms with van der Waals surface area (Å²) in [5.41, 5.74) is 4.16. The number of nitrogens with one attached hydrogen (secondary N) is 1. The Kier molecular flexibility index (Phi) is 7.58. The van der Waals surface area contributed by atoms with Gasteiger partial charge in [-0.05, 0) is 56.6 Å². The van der Waals surface area contributed by atoms with Crippen LogP contribution in [0.2, 0.25) is 0 Å². The highest BCUT2D eigenvalue weighted by atomic mass is 16.5. The molecular weight excluding hydrogens is 482 g/mol. The summed E-state index contributed by atoms with van der Waals surface area (Å²) < 4.78 is 13.8. The minimum absolute atomic E-state index is 0.0512.